The van der Waals surface area contributed by atoms with E-state index in [2.05, 4.69) is 20.4 Å². The number of amides is 1. The number of rotatable bonds is 5. The number of carbonyl (C=O) groups excluding carboxylic acids is 1. The van der Waals surface area contributed by atoms with Gasteiger partial charge in [0.15, 0.2) is 0 Å². The molecular formula is C19H16F3N5O2. The topological polar surface area (TPSA) is 84.2 Å². The number of aromatic nitrogens is 3. The molecule has 1 saturated heterocycles. The van der Waals surface area contributed by atoms with Crippen molar-refractivity contribution in [2.24, 2.45) is 0 Å². The van der Waals surface area contributed by atoms with Crippen molar-refractivity contribution in [3.63, 3.8) is 0 Å². The third-order valence-corrected chi connectivity index (χ3v) is 4.53. The molecule has 2 aromatic heterocycles. The summed E-state index contributed by atoms with van der Waals surface area (Å²) >= 11 is 0. The number of hydrogen-bond acceptors (Lipinski definition) is 6. The quantitative estimate of drug-likeness (QED) is 0.705. The van der Waals surface area contributed by atoms with E-state index in [1.165, 1.54) is 12.1 Å². The summed E-state index contributed by atoms with van der Waals surface area (Å²) in [6.07, 6.45) is -1.10. The first-order valence-corrected chi connectivity index (χ1v) is 8.82. The van der Waals surface area contributed by atoms with Crippen molar-refractivity contribution in [2.75, 3.05) is 25.0 Å². The van der Waals surface area contributed by atoms with E-state index in [4.69, 9.17) is 4.52 Å². The fourth-order valence-electron chi connectivity index (χ4n) is 3.01. The molecule has 29 heavy (non-hydrogen) atoms. The maximum atomic E-state index is 12.6. The second kappa shape index (κ2) is 7.63. The first-order valence-electron chi connectivity index (χ1n) is 8.82. The lowest BCUT2D eigenvalue weighted by Crippen LogP contribution is -2.48. The molecule has 10 heteroatoms. The van der Waals surface area contributed by atoms with Crippen LogP contribution in [-0.2, 0) is 11.0 Å². The highest BCUT2D eigenvalue weighted by Crippen LogP contribution is 2.30. The van der Waals surface area contributed by atoms with E-state index >= 15 is 0 Å². The summed E-state index contributed by atoms with van der Waals surface area (Å²) in [4.78, 5) is 22.4. The van der Waals surface area contributed by atoms with E-state index in [9.17, 15) is 18.0 Å². The van der Waals surface area contributed by atoms with Crippen LogP contribution in [0.25, 0.3) is 11.4 Å². The predicted octanol–water partition coefficient (Wildman–Crippen LogP) is 3.19. The minimum absolute atomic E-state index is 0.0341. The van der Waals surface area contributed by atoms with E-state index in [0.29, 0.717) is 30.5 Å². The van der Waals surface area contributed by atoms with Crippen molar-refractivity contribution in [3.05, 3.63) is 60.2 Å². The zero-order valence-electron chi connectivity index (χ0n) is 15.1. The van der Waals surface area contributed by atoms with Gasteiger partial charge in [-0.25, -0.2) is 0 Å². The second-order valence-corrected chi connectivity index (χ2v) is 6.71. The fourth-order valence-corrected chi connectivity index (χ4v) is 3.01. The first-order chi connectivity index (χ1) is 13.9. The van der Waals surface area contributed by atoms with Crippen LogP contribution in [0.1, 0.15) is 17.4 Å². The molecule has 0 radical (unpaired) electrons. The van der Waals surface area contributed by atoms with Gasteiger partial charge < -0.3 is 9.84 Å². The Labute approximate surface area is 163 Å². The molecular weight excluding hydrogens is 387 g/mol. The zero-order chi connectivity index (χ0) is 20.4. The third kappa shape index (κ3) is 4.43. The molecule has 4 rings (SSSR count). The molecule has 1 aromatic carbocycles. The molecule has 1 amide bonds. The lowest BCUT2D eigenvalue weighted by Gasteiger charge is -2.36. The molecule has 1 aliphatic heterocycles. The average Bonchev–Trinajstić information content (AvgIpc) is 3.14. The molecule has 0 spiro atoms. The molecule has 1 N–H and O–H groups in total. The van der Waals surface area contributed by atoms with Crippen LogP contribution in [0.5, 0.6) is 0 Å². The zero-order valence-corrected chi connectivity index (χ0v) is 15.1. The molecule has 7 nitrogen and oxygen atoms in total. The maximum absolute atomic E-state index is 12.6. The minimum Gasteiger partial charge on any atom is -0.339 e. The highest BCUT2D eigenvalue weighted by atomic mass is 19.4. The summed E-state index contributed by atoms with van der Waals surface area (Å²) in [5.74, 6) is 0.700. The van der Waals surface area contributed by atoms with Gasteiger partial charge in [-0.05, 0) is 36.4 Å². The summed E-state index contributed by atoms with van der Waals surface area (Å²) in [5, 5.41) is 6.55. The molecule has 0 saturated carbocycles. The van der Waals surface area contributed by atoms with Crippen molar-refractivity contribution in [3.8, 4) is 11.4 Å². The summed E-state index contributed by atoms with van der Waals surface area (Å²) < 4.78 is 43.0. The lowest BCUT2D eigenvalue weighted by molar-refractivity contribution is -0.137. The lowest BCUT2D eigenvalue weighted by atomic mass is 10.0. The fraction of sp³-hybridized carbons (Fsp3) is 0.263. The molecule has 150 valence electrons. The van der Waals surface area contributed by atoms with Crippen molar-refractivity contribution in [2.45, 2.75) is 12.1 Å². The third-order valence-electron chi connectivity index (χ3n) is 4.53. The summed E-state index contributed by atoms with van der Waals surface area (Å²) in [7, 11) is 0. The number of benzene rings is 1. The molecule has 0 aliphatic carbocycles. The van der Waals surface area contributed by atoms with Crippen LogP contribution in [0.15, 0.2) is 53.3 Å². The van der Waals surface area contributed by atoms with Crippen molar-refractivity contribution < 1.29 is 22.5 Å². The number of likely N-dealkylation sites (tertiary alicyclic amines) is 1. The van der Waals surface area contributed by atoms with Gasteiger partial charge in [0, 0.05) is 36.7 Å². The molecule has 0 unspecified atom stereocenters. The van der Waals surface area contributed by atoms with Crippen LogP contribution in [0, 0.1) is 0 Å². The summed E-state index contributed by atoms with van der Waals surface area (Å²) in [6.45, 7) is 1.28. The molecule has 1 fully saturated rings. The maximum Gasteiger partial charge on any atom is 0.416 e. The second-order valence-electron chi connectivity index (χ2n) is 6.71. The van der Waals surface area contributed by atoms with E-state index in [1.54, 1.807) is 18.5 Å². The Balaban J connectivity index is 1.26. The highest BCUT2D eigenvalue weighted by Gasteiger charge is 2.34. The van der Waals surface area contributed by atoms with Crippen molar-refractivity contribution >= 4 is 11.6 Å². The van der Waals surface area contributed by atoms with Gasteiger partial charge in [0.2, 0.25) is 17.6 Å². The van der Waals surface area contributed by atoms with Gasteiger partial charge in [0.05, 0.1) is 18.0 Å². The molecule has 1 aliphatic rings. The van der Waals surface area contributed by atoms with Crippen LogP contribution in [-0.4, -0.2) is 45.6 Å². The van der Waals surface area contributed by atoms with E-state index < -0.39 is 11.7 Å². The number of carbonyl (C=O) groups is 1. The van der Waals surface area contributed by atoms with Gasteiger partial charge >= 0.3 is 6.18 Å². The number of halogens is 3. The Bertz CT molecular complexity index is 983. The molecule has 0 atom stereocenters. The van der Waals surface area contributed by atoms with Crippen molar-refractivity contribution in [1.29, 1.82) is 0 Å². The first kappa shape index (κ1) is 19.1. The van der Waals surface area contributed by atoms with Gasteiger partial charge in [0.25, 0.3) is 0 Å². The normalized spacial score (nSPS) is 15.1. The Morgan fingerprint density at radius 1 is 1.21 bits per heavy atom. The van der Waals surface area contributed by atoms with Crippen LogP contribution < -0.4 is 5.32 Å². The monoisotopic (exact) mass is 403 g/mol. The number of alkyl halides is 3. The van der Waals surface area contributed by atoms with Gasteiger partial charge in [0.1, 0.15) is 0 Å². The molecule has 3 aromatic rings. The Kier molecular flexibility index (Phi) is 5.01. The predicted molar refractivity (Wildman–Crippen MR) is 96.8 cm³/mol. The Morgan fingerprint density at radius 2 is 1.97 bits per heavy atom. The van der Waals surface area contributed by atoms with Crippen LogP contribution in [0.3, 0.4) is 0 Å². The SMILES string of the molecule is O=C(CN1CC(c2nc(-c3cccnc3)no2)C1)Nc1ccc(C(F)(F)F)cc1. The smallest absolute Gasteiger partial charge is 0.339 e. The van der Waals surface area contributed by atoms with Crippen molar-refractivity contribution in [1.82, 2.24) is 20.0 Å². The standard InChI is InChI=1S/C19H16F3N5O2/c20-19(21,22)14-3-5-15(6-4-14)24-16(28)11-27-9-13(10-27)18-25-17(26-29-18)12-2-1-7-23-8-12/h1-8,13H,9-11H2,(H,24,28). The number of pyridine rings is 1. The Hall–Kier alpha value is -3.27. The number of anilines is 1. The summed E-state index contributed by atoms with van der Waals surface area (Å²) in [6, 6.07) is 7.96. The van der Waals surface area contributed by atoms with Crippen LogP contribution in [0.2, 0.25) is 0 Å². The average molecular weight is 403 g/mol. The number of nitrogens with zero attached hydrogens (tertiary/aromatic N) is 4. The number of hydrogen-bond donors (Lipinski definition) is 1. The number of nitrogens with one attached hydrogen (secondary N) is 1. The van der Waals surface area contributed by atoms with Gasteiger partial charge in [-0.15, -0.1) is 0 Å². The van der Waals surface area contributed by atoms with Crippen LogP contribution in [0.4, 0.5) is 18.9 Å². The van der Waals surface area contributed by atoms with Crippen LogP contribution >= 0.6 is 0 Å². The van der Waals surface area contributed by atoms with Gasteiger partial charge in [-0.3, -0.25) is 14.7 Å². The minimum atomic E-state index is -4.40. The van der Waals surface area contributed by atoms with E-state index in [-0.39, 0.29) is 18.4 Å². The van der Waals surface area contributed by atoms with E-state index in [1.807, 2.05) is 11.0 Å². The molecule has 3 heterocycles. The van der Waals surface area contributed by atoms with Gasteiger partial charge in [-0.1, -0.05) is 5.16 Å². The summed E-state index contributed by atoms with van der Waals surface area (Å²) in [5.41, 5.74) is 0.319. The van der Waals surface area contributed by atoms with E-state index in [0.717, 1.165) is 17.7 Å². The Morgan fingerprint density at radius 3 is 2.62 bits per heavy atom. The molecule has 0 bridgehead atoms. The largest absolute Gasteiger partial charge is 0.416 e. The highest BCUT2D eigenvalue weighted by molar-refractivity contribution is 5.92. The van der Waals surface area contributed by atoms with Gasteiger partial charge in [-0.2, -0.15) is 18.2 Å².